The molecule has 1 heterocycles. The molecule has 0 fully saturated rings. The summed E-state index contributed by atoms with van der Waals surface area (Å²) < 4.78 is 15.2. The van der Waals surface area contributed by atoms with Crippen LogP contribution in [0.15, 0.2) is 34.7 Å². The van der Waals surface area contributed by atoms with Crippen LogP contribution in [-0.4, -0.2) is 43.0 Å². The first-order chi connectivity index (χ1) is 13.1. The second-order valence-corrected chi connectivity index (χ2v) is 5.99. The Hall–Kier alpha value is -2.94. The first-order valence-electron chi connectivity index (χ1n) is 8.39. The van der Waals surface area contributed by atoms with Gasteiger partial charge in [-0.15, -0.1) is 11.3 Å². The molecule has 2 aromatic rings. The number of ether oxygens (including phenoxy) is 3. The van der Waals surface area contributed by atoms with Gasteiger partial charge in [-0.25, -0.2) is 9.78 Å². The molecule has 2 rings (SSSR count). The molecule has 144 valence electrons. The zero-order valence-electron chi connectivity index (χ0n) is 15.1. The van der Waals surface area contributed by atoms with Crippen molar-refractivity contribution in [1.29, 1.82) is 0 Å². The predicted molar refractivity (Wildman–Crippen MR) is 102 cm³/mol. The number of nitrogens with zero attached hydrogens (tertiary/aromatic N) is 2. The van der Waals surface area contributed by atoms with Gasteiger partial charge in [-0.1, -0.05) is 12.1 Å². The molecule has 0 saturated heterocycles. The summed E-state index contributed by atoms with van der Waals surface area (Å²) in [6.07, 6.45) is 1.69. The fraction of sp³-hybridized carbons (Fsp3) is 0.333. The fourth-order valence-corrected chi connectivity index (χ4v) is 2.67. The van der Waals surface area contributed by atoms with E-state index in [1.807, 2.05) is 6.07 Å². The standard InChI is InChI=1S/C18H21N3O5S/c1-3-24-16(22)9-14-12-27-18(20-14)21-19-10-13-7-5-6-8-15(13)26-11-17(23)25-4-2/h5-8,10,12H,3-4,9,11H2,1-2H3,(H,20,21). The van der Waals surface area contributed by atoms with Crippen LogP contribution in [0, 0.1) is 0 Å². The number of hydrazone groups is 1. The molecule has 0 aliphatic heterocycles. The SMILES string of the molecule is CCOC(=O)COc1ccccc1C=NNc1nc(CC(=O)OCC)cs1. The number of hydrogen-bond acceptors (Lipinski definition) is 9. The third kappa shape index (κ3) is 7.06. The monoisotopic (exact) mass is 391 g/mol. The average molecular weight is 391 g/mol. The van der Waals surface area contributed by atoms with Crippen molar-refractivity contribution in [2.75, 3.05) is 25.2 Å². The molecule has 0 aliphatic rings. The fourth-order valence-electron chi connectivity index (χ4n) is 2.01. The highest BCUT2D eigenvalue weighted by molar-refractivity contribution is 7.13. The topological polar surface area (TPSA) is 99.1 Å². The Bertz CT molecular complexity index is 791. The van der Waals surface area contributed by atoms with Gasteiger partial charge in [0.15, 0.2) is 6.61 Å². The van der Waals surface area contributed by atoms with E-state index in [1.165, 1.54) is 11.3 Å². The van der Waals surface area contributed by atoms with Gasteiger partial charge in [0.25, 0.3) is 0 Å². The van der Waals surface area contributed by atoms with Crippen molar-refractivity contribution in [2.24, 2.45) is 5.10 Å². The van der Waals surface area contributed by atoms with Gasteiger partial charge in [0.1, 0.15) is 5.75 Å². The lowest BCUT2D eigenvalue weighted by molar-refractivity contribution is -0.145. The van der Waals surface area contributed by atoms with Crippen LogP contribution < -0.4 is 10.2 Å². The summed E-state index contributed by atoms with van der Waals surface area (Å²) >= 11 is 1.33. The first kappa shape index (κ1) is 20.4. The van der Waals surface area contributed by atoms with E-state index in [0.29, 0.717) is 35.4 Å². The highest BCUT2D eigenvalue weighted by atomic mass is 32.1. The van der Waals surface area contributed by atoms with Crippen LogP contribution >= 0.6 is 11.3 Å². The number of hydrogen-bond donors (Lipinski definition) is 1. The molecular weight excluding hydrogens is 370 g/mol. The highest BCUT2D eigenvalue weighted by Crippen LogP contribution is 2.18. The molecule has 1 aromatic carbocycles. The van der Waals surface area contributed by atoms with E-state index in [2.05, 4.69) is 15.5 Å². The van der Waals surface area contributed by atoms with Crippen LogP contribution in [0.1, 0.15) is 25.1 Å². The largest absolute Gasteiger partial charge is 0.481 e. The first-order valence-corrected chi connectivity index (χ1v) is 9.26. The number of aromatic nitrogens is 1. The van der Waals surface area contributed by atoms with Crippen molar-refractivity contribution in [3.63, 3.8) is 0 Å². The summed E-state index contributed by atoms with van der Waals surface area (Å²) in [6.45, 7) is 3.98. The number of carbonyl (C=O) groups is 2. The normalized spacial score (nSPS) is 10.6. The predicted octanol–water partition coefficient (Wildman–Crippen LogP) is 2.64. The molecule has 9 heteroatoms. The number of para-hydroxylation sites is 1. The number of thiazole rings is 1. The Labute approximate surface area is 161 Å². The minimum atomic E-state index is -0.431. The minimum absolute atomic E-state index is 0.125. The number of benzene rings is 1. The zero-order valence-corrected chi connectivity index (χ0v) is 16.0. The molecule has 0 amide bonds. The zero-order chi connectivity index (χ0) is 19.5. The molecule has 1 aromatic heterocycles. The average Bonchev–Trinajstić information content (AvgIpc) is 3.08. The number of rotatable bonds is 10. The van der Waals surface area contributed by atoms with Crippen molar-refractivity contribution in [1.82, 2.24) is 4.98 Å². The number of anilines is 1. The third-order valence-electron chi connectivity index (χ3n) is 3.12. The minimum Gasteiger partial charge on any atom is -0.481 e. The van der Waals surface area contributed by atoms with E-state index >= 15 is 0 Å². The smallest absolute Gasteiger partial charge is 0.344 e. The Morgan fingerprint density at radius 1 is 1.19 bits per heavy atom. The maximum atomic E-state index is 11.5. The summed E-state index contributed by atoms with van der Waals surface area (Å²) in [5.74, 6) is -0.233. The second-order valence-electron chi connectivity index (χ2n) is 5.13. The molecule has 0 bridgehead atoms. The van der Waals surface area contributed by atoms with Crippen molar-refractivity contribution in [3.05, 3.63) is 40.9 Å². The molecule has 1 N–H and O–H groups in total. The van der Waals surface area contributed by atoms with Crippen molar-refractivity contribution < 1.29 is 23.8 Å². The van der Waals surface area contributed by atoms with Crippen LogP contribution in [0.4, 0.5) is 5.13 Å². The molecule has 0 saturated carbocycles. The second kappa shape index (κ2) is 10.9. The summed E-state index contributed by atoms with van der Waals surface area (Å²) in [6, 6.07) is 7.17. The Balaban J connectivity index is 1.92. The summed E-state index contributed by atoms with van der Waals surface area (Å²) in [5.41, 5.74) is 4.12. The van der Waals surface area contributed by atoms with Gasteiger partial charge >= 0.3 is 11.9 Å². The van der Waals surface area contributed by atoms with E-state index in [0.717, 1.165) is 0 Å². The van der Waals surface area contributed by atoms with Gasteiger partial charge in [0.05, 0.1) is 31.5 Å². The van der Waals surface area contributed by atoms with E-state index in [1.54, 1.807) is 43.6 Å². The molecule has 0 spiro atoms. The van der Waals surface area contributed by atoms with E-state index < -0.39 is 5.97 Å². The molecule has 27 heavy (non-hydrogen) atoms. The molecule has 0 atom stereocenters. The summed E-state index contributed by atoms with van der Waals surface area (Å²) in [7, 11) is 0. The lowest BCUT2D eigenvalue weighted by atomic mass is 10.2. The Morgan fingerprint density at radius 2 is 1.93 bits per heavy atom. The molecule has 8 nitrogen and oxygen atoms in total. The van der Waals surface area contributed by atoms with Gasteiger partial charge in [0, 0.05) is 10.9 Å². The van der Waals surface area contributed by atoms with Crippen LogP contribution in [0.5, 0.6) is 5.75 Å². The van der Waals surface area contributed by atoms with Crippen LogP contribution in [0.2, 0.25) is 0 Å². The molecule has 0 unspecified atom stereocenters. The number of nitrogens with one attached hydrogen (secondary N) is 1. The molecule has 0 radical (unpaired) electrons. The lowest BCUT2D eigenvalue weighted by Crippen LogP contribution is -2.15. The van der Waals surface area contributed by atoms with Crippen LogP contribution in [0.3, 0.4) is 0 Å². The quantitative estimate of drug-likeness (QED) is 0.378. The highest BCUT2D eigenvalue weighted by Gasteiger charge is 2.08. The lowest BCUT2D eigenvalue weighted by Gasteiger charge is -2.08. The van der Waals surface area contributed by atoms with Crippen molar-refractivity contribution >= 4 is 34.6 Å². The van der Waals surface area contributed by atoms with Gasteiger partial charge < -0.3 is 14.2 Å². The molecule has 0 aliphatic carbocycles. The van der Waals surface area contributed by atoms with E-state index in [4.69, 9.17) is 14.2 Å². The van der Waals surface area contributed by atoms with Crippen LogP contribution in [0.25, 0.3) is 0 Å². The maximum Gasteiger partial charge on any atom is 0.344 e. The van der Waals surface area contributed by atoms with Gasteiger partial charge in [-0.05, 0) is 26.0 Å². The van der Waals surface area contributed by atoms with E-state index in [9.17, 15) is 9.59 Å². The summed E-state index contributed by atoms with van der Waals surface area (Å²) in [5, 5.41) is 6.45. The molecular formula is C18H21N3O5S. The van der Waals surface area contributed by atoms with Gasteiger partial charge in [0.2, 0.25) is 5.13 Å². The maximum absolute atomic E-state index is 11.5. The number of esters is 2. The van der Waals surface area contributed by atoms with Gasteiger partial charge in [-0.2, -0.15) is 5.10 Å². The van der Waals surface area contributed by atoms with Crippen molar-refractivity contribution in [2.45, 2.75) is 20.3 Å². The third-order valence-corrected chi connectivity index (χ3v) is 3.91. The van der Waals surface area contributed by atoms with Gasteiger partial charge in [-0.3, -0.25) is 10.2 Å². The van der Waals surface area contributed by atoms with E-state index in [-0.39, 0.29) is 19.0 Å². The number of carbonyl (C=O) groups excluding carboxylic acids is 2. The van der Waals surface area contributed by atoms with Crippen molar-refractivity contribution in [3.8, 4) is 5.75 Å². The Morgan fingerprint density at radius 3 is 2.70 bits per heavy atom. The van der Waals surface area contributed by atoms with Crippen LogP contribution in [-0.2, 0) is 25.5 Å². The summed E-state index contributed by atoms with van der Waals surface area (Å²) in [4.78, 5) is 27.1. The Kier molecular flexibility index (Phi) is 8.24.